The summed E-state index contributed by atoms with van der Waals surface area (Å²) in [7, 11) is -2.33. The monoisotopic (exact) mass is 414 g/mol. The van der Waals surface area contributed by atoms with Gasteiger partial charge in [-0.25, -0.2) is 12.8 Å². The molecule has 28 heavy (non-hydrogen) atoms. The van der Waals surface area contributed by atoms with Crippen LogP contribution < -0.4 is 4.72 Å². The summed E-state index contributed by atoms with van der Waals surface area (Å²) in [5.74, 6) is -1.74. The molecule has 0 unspecified atom stereocenters. The van der Waals surface area contributed by atoms with Crippen molar-refractivity contribution in [1.82, 2.24) is 9.62 Å². The number of nitrogens with one attached hydrogen (secondary N) is 1. The highest BCUT2D eigenvalue weighted by Crippen LogP contribution is 2.22. The van der Waals surface area contributed by atoms with Crippen molar-refractivity contribution in [1.29, 1.82) is 0 Å². The van der Waals surface area contributed by atoms with Gasteiger partial charge < -0.3 is 9.64 Å². The minimum atomic E-state index is -4.02. The Morgan fingerprint density at radius 2 is 1.71 bits per heavy atom. The van der Waals surface area contributed by atoms with Crippen LogP contribution in [0, 0.1) is 5.82 Å². The third-order valence-corrected chi connectivity index (χ3v) is 6.48. The predicted octanol–water partition coefficient (Wildman–Crippen LogP) is 2.22. The molecule has 1 aliphatic carbocycles. The normalized spacial score (nSPS) is 17.6. The maximum absolute atomic E-state index is 13.0. The first-order chi connectivity index (χ1) is 13.1. The topological polar surface area (TPSA) is 92.8 Å². The van der Waals surface area contributed by atoms with Crippen molar-refractivity contribution >= 4 is 21.9 Å². The number of benzene rings is 1. The molecule has 1 aliphatic rings. The summed E-state index contributed by atoms with van der Waals surface area (Å²) in [5, 5.41) is 0. The van der Waals surface area contributed by atoms with Gasteiger partial charge in [-0.3, -0.25) is 9.59 Å². The number of likely N-dealkylation sites (N-methyl/N-ethyl adjacent to an activating group) is 1. The molecule has 0 aromatic heterocycles. The van der Waals surface area contributed by atoms with Gasteiger partial charge >= 0.3 is 5.97 Å². The summed E-state index contributed by atoms with van der Waals surface area (Å²) in [4.78, 5) is 26.2. The lowest BCUT2D eigenvalue weighted by Crippen LogP contribution is -2.46. The first-order valence-electron chi connectivity index (χ1n) is 9.37. The number of carbonyl (C=O) groups is 2. The van der Waals surface area contributed by atoms with E-state index in [0.29, 0.717) is 0 Å². The van der Waals surface area contributed by atoms with Gasteiger partial charge in [-0.05, 0) is 51.0 Å². The van der Waals surface area contributed by atoms with E-state index in [1.54, 1.807) is 11.9 Å². The van der Waals surface area contributed by atoms with Gasteiger partial charge in [-0.2, -0.15) is 4.72 Å². The fraction of sp³-hybridized carbons (Fsp3) is 0.579. The van der Waals surface area contributed by atoms with Crippen LogP contribution in [0.15, 0.2) is 29.2 Å². The summed E-state index contributed by atoms with van der Waals surface area (Å²) in [6, 6.07) is 3.16. The van der Waals surface area contributed by atoms with Crippen molar-refractivity contribution < 1.29 is 27.1 Å². The van der Waals surface area contributed by atoms with Gasteiger partial charge in [0.2, 0.25) is 10.0 Å². The highest BCUT2D eigenvalue weighted by molar-refractivity contribution is 7.89. The average Bonchev–Trinajstić information content (AvgIpc) is 2.67. The lowest BCUT2D eigenvalue weighted by Gasteiger charge is -2.32. The number of halogens is 1. The highest BCUT2D eigenvalue weighted by atomic mass is 32.2. The molecule has 0 spiro atoms. The van der Waals surface area contributed by atoms with Crippen molar-refractivity contribution in [2.75, 3.05) is 7.05 Å². The van der Waals surface area contributed by atoms with Gasteiger partial charge in [0, 0.05) is 13.1 Å². The number of carbonyl (C=O) groups excluding carboxylic acids is 2. The van der Waals surface area contributed by atoms with Crippen molar-refractivity contribution in [3.63, 3.8) is 0 Å². The van der Waals surface area contributed by atoms with Crippen molar-refractivity contribution in [2.45, 2.75) is 69.0 Å². The van der Waals surface area contributed by atoms with E-state index in [-0.39, 0.29) is 16.8 Å². The van der Waals surface area contributed by atoms with Crippen LogP contribution in [0.25, 0.3) is 0 Å². The first kappa shape index (κ1) is 22.3. The van der Waals surface area contributed by atoms with Gasteiger partial charge in [0.15, 0.2) is 6.10 Å². The van der Waals surface area contributed by atoms with E-state index in [1.165, 1.54) is 13.8 Å². The zero-order valence-electron chi connectivity index (χ0n) is 16.4. The maximum Gasteiger partial charge on any atom is 0.324 e. The number of nitrogens with zero attached hydrogens (tertiary/aromatic N) is 1. The SMILES string of the molecule is C[C@@H](NS(=O)(=O)c1ccc(F)cc1)C(=O)O[C@H](C)C(=O)N(C)C1CCCCC1. The van der Waals surface area contributed by atoms with Crippen LogP contribution in [0.3, 0.4) is 0 Å². The predicted molar refractivity (Wildman–Crippen MR) is 101 cm³/mol. The van der Waals surface area contributed by atoms with Crippen LogP contribution in [-0.2, 0) is 24.3 Å². The standard InChI is InChI=1S/C19H27FN2O5S/c1-13(21-28(25,26)17-11-9-15(20)10-12-17)19(24)27-14(2)18(23)22(3)16-7-5-4-6-8-16/h9-14,16,21H,4-8H2,1-3H3/t13-,14-/m1/s1. The molecule has 7 nitrogen and oxygen atoms in total. The summed E-state index contributed by atoms with van der Waals surface area (Å²) in [6.45, 7) is 2.80. The van der Waals surface area contributed by atoms with Crippen LogP contribution in [0.4, 0.5) is 4.39 Å². The molecule has 0 bridgehead atoms. The Morgan fingerprint density at radius 3 is 2.29 bits per heavy atom. The van der Waals surface area contributed by atoms with Gasteiger partial charge in [-0.1, -0.05) is 19.3 Å². The van der Waals surface area contributed by atoms with Crippen LogP contribution in [0.1, 0.15) is 46.0 Å². The lowest BCUT2D eigenvalue weighted by atomic mass is 9.94. The molecule has 9 heteroatoms. The van der Waals surface area contributed by atoms with Gasteiger partial charge in [0.05, 0.1) is 4.90 Å². The van der Waals surface area contributed by atoms with E-state index < -0.39 is 34.0 Å². The van der Waals surface area contributed by atoms with Crippen molar-refractivity contribution in [2.24, 2.45) is 0 Å². The molecule has 0 saturated heterocycles. The number of hydrogen-bond acceptors (Lipinski definition) is 5. The Labute approximate surface area is 165 Å². The molecule has 2 rings (SSSR count). The van der Waals surface area contributed by atoms with Crippen LogP contribution >= 0.6 is 0 Å². The minimum absolute atomic E-state index is 0.136. The summed E-state index contributed by atoms with van der Waals surface area (Å²) in [6.07, 6.45) is 4.14. The molecule has 1 saturated carbocycles. The lowest BCUT2D eigenvalue weighted by molar-refractivity contribution is -0.160. The van der Waals surface area contributed by atoms with E-state index >= 15 is 0 Å². The molecule has 156 valence electrons. The third kappa shape index (κ3) is 5.75. The molecule has 1 aromatic carbocycles. The Kier molecular flexibility index (Phi) is 7.54. The Balaban J connectivity index is 1.93. The largest absolute Gasteiger partial charge is 0.451 e. The van der Waals surface area contributed by atoms with Gasteiger partial charge in [0.1, 0.15) is 11.9 Å². The van der Waals surface area contributed by atoms with Crippen LogP contribution in [0.5, 0.6) is 0 Å². The minimum Gasteiger partial charge on any atom is -0.451 e. The van der Waals surface area contributed by atoms with E-state index in [9.17, 15) is 22.4 Å². The molecule has 1 N–H and O–H groups in total. The van der Waals surface area contributed by atoms with E-state index in [0.717, 1.165) is 56.4 Å². The smallest absolute Gasteiger partial charge is 0.324 e. The molecule has 2 atom stereocenters. The fourth-order valence-corrected chi connectivity index (χ4v) is 4.42. The molecule has 1 aromatic rings. The Hall–Kier alpha value is -2.00. The van der Waals surface area contributed by atoms with E-state index in [1.807, 2.05) is 0 Å². The van der Waals surface area contributed by atoms with Gasteiger partial charge in [-0.15, -0.1) is 0 Å². The molecule has 0 aliphatic heterocycles. The number of esters is 1. The number of rotatable bonds is 7. The summed E-state index contributed by atoms with van der Waals surface area (Å²) in [5.41, 5.74) is 0. The van der Waals surface area contributed by atoms with E-state index in [2.05, 4.69) is 4.72 Å². The molecular weight excluding hydrogens is 387 g/mol. The molecule has 1 fully saturated rings. The maximum atomic E-state index is 13.0. The fourth-order valence-electron chi connectivity index (χ4n) is 3.22. The first-order valence-corrected chi connectivity index (χ1v) is 10.8. The number of amides is 1. The number of sulfonamides is 1. The second kappa shape index (κ2) is 9.47. The van der Waals surface area contributed by atoms with Crippen LogP contribution in [0.2, 0.25) is 0 Å². The Morgan fingerprint density at radius 1 is 1.14 bits per heavy atom. The molecule has 1 amide bonds. The third-order valence-electron chi connectivity index (χ3n) is 4.92. The molecular formula is C19H27FN2O5S. The highest BCUT2D eigenvalue weighted by Gasteiger charge is 2.30. The second-order valence-electron chi connectivity index (χ2n) is 7.12. The van der Waals surface area contributed by atoms with Crippen molar-refractivity contribution in [3.05, 3.63) is 30.1 Å². The average molecular weight is 414 g/mol. The van der Waals surface area contributed by atoms with E-state index in [4.69, 9.17) is 4.74 Å². The zero-order valence-corrected chi connectivity index (χ0v) is 17.2. The quantitative estimate of drug-likeness (QED) is 0.691. The molecule has 0 radical (unpaired) electrons. The summed E-state index contributed by atoms with van der Waals surface area (Å²) >= 11 is 0. The summed E-state index contributed by atoms with van der Waals surface area (Å²) < 4.78 is 44.9. The van der Waals surface area contributed by atoms with Crippen molar-refractivity contribution in [3.8, 4) is 0 Å². The van der Waals surface area contributed by atoms with Crippen LogP contribution in [-0.4, -0.2) is 50.4 Å². The number of hydrogen-bond donors (Lipinski definition) is 1. The second-order valence-corrected chi connectivity index (χ2v) is 8.83. The Bertz CT molecular complexity index is 791. The zero-order chi connectivity index (χ0) is 20.9. The molecule has 0 heterocycles. The van der Waals surface area contributed by atoms with Gasteiger partial charge in [0.25, 0.3) is 5.91 Å². The number of ether oxygens (including phenoxy) is 1.